The number of piperazine rings is 1. The van der Waals surface area contributed by atoms with Gasteiger partial charge in [-0.2, -0.15) is 0 Å². The molecule has 0 N–H and O–H groups in total. The zero-order chi connectivity index (χ0) is 29.9. The summed E-state index contributed by atoms with van der Waals surface area (Å²) in [6, 6.07) is 29.6. The highest BCUT2D eigenvalue weighted by Gasteiger charge is 2.30. The zero-order valence-corrected chi connectivity index (χ0v) is 25.3. The monoisotopic (exact) mass is 591 g/mol. The molecule has 1 aliphatic heterocycles. The first-order valence-electron chi connectivity index (χ1n) is 14.3. The third-order valence-corrected chi connectivity index (χ3v) is 8.75. The predicted octanol–water partition coefficient (Wildman–Crippen LogP) is 5.87. The van der Waals surface area contributed by atoms with E-state index in [4.69, 9.17) is 4.74 Å². The van der Waals surface area contributed by atoms with Crippen molar-refractivity contribution in [3.63, 3.8) is 0 Å². The van der Waals surface area contributed by atoms with E-state index in [1.54, 1.807) is 7.11 Å². The number of fused-ring (bicyclic) bond motifs is 1. The summed E-state index contributed by atoms with van der Waals surface area (Å²) in [6.45, 7) is 5.51. The van der Waals surface area contributed by atoms with Crippen LogP contribution in [-0.4, -0.2) is 74.9 Å². The second-order valence-corrected chi connectivity index (χ2v) is 11.7. The summed E-state index contributed by atoms with van der Waals surface area (Å²) in [5.41, 5.74) is 3.65. The number of rotatable bonds is 7. The summed E-state index contributed by atoms with van der Waals surface area (Å²) < 4.78 is 7.32. The van der Waals surface area contributed by atoms with Crippen molar-refractivity contribution in [3.8, 4) is 22.8 Å². The number of methoxy groups -OCH3 is 1. The molecule has 1 unspecified atom stereocenters. The van der Waals surface area contributed by atoms with Crippen molar-refractivity contribution in [2.45, 2.75) is 25.0 Å². The molecule has 1 fully saturated rings. The quantitative estimate of drug-likeness (QED) is 0.220. The third kappa shape index (κ3) is 5.99. The maximum Gasteiger partial charge on any atom is 0.254 e. The number of carbonyl (C=O) groups excluding carboxylic acids is 2. The van der Waals surface area contributed by atoms with Gasteiger partial charge in [-0.15, -0.1) is 10.2 Å². The van der Waals surface area contributed by atoms with Crippen LogP contribution in [0, 0.1) is 6.92 Å². The van der Waals surface area contributed by atoms with Crippen molar-refractivity contribution < 1.29 is 14.3 Å². The summed E-state index contributed by atoms with van der Waals surface area (Å²) in [5.74, 6) is 1.68. The van der Waals surface area contributed by atoms with Gasteiger partial charge in [-0.05, 0) is 61.0 Å². The molecule has 218 valence electrons. The van der Waals surface area contributed by atoms with E-state index in [0.29, 0.717) is 36.2 Å². The standard InChI is InChI=1S/C34H33N5O3S/c1-23-8-10-26(11-9-23)32-35-36-34(39(32)29-14-16-30(42-3)17-15-29)43-22-31(40)37-18-19-38(24(2)21-37)33(41)28-13-12-25-6-4-5-7-27(25)20-28/h4-17,20,24H,18-19,21-22H2,1-3H3. The van der Waals surface area contributed by atoms with E-state index in [-0.39, 0.29) is 23.6 Å². The van der Waals surface area contributed by atoms with E-state index < -0.39 is 0 Å². The minimum absolute atomic E-state index is 0.00374. The Morgan fingerprint density at radius 1 is 0.907 bits per heavy atom. The van der Waals surface area contributed by atoms with Gasteiger partial charge in [0.25, 0.3) is 5.91 Å². The predicted molar refractivity (Wildman–Crippen MR) is 170 cm³/mol. The first-order chi connectivity index (χ1) is 20.9. The summed E-state index contributed by atoms with van der Waals surface area (Å²) in [6.07, 6.45) is 0. The molecule has 1 atom stereocenters. The van der Waals surface area contributed by atoms with E-state index in [0.717, 1.165) is 33.3 Å². The van der Waals surface area contributed by atoms with Gasteiger partial charge >= 0.3 is 0 Å². The van der Waals surface area contributed by atoms with Crippen LogP contribution in [0.15, 0.2) is 96.2 Å². The van der Waals surface area contributed by atoms with Gasteiger partial charge in [-0.25, -0.2) is 0 Å². The molecule has 1 aliphatic rings. The number of amides is 2. The van der Waals surface area contributed by atoms with Crippen LogP contribution in [0.4, 0.5) is 0 Å². The molecular weight excluding hydrogens is 558 g/mol. The molecule has 0 spiro atoms. The average Bonchev–Trinajstić information content (AvgIpc) is 3.47. The molecule has 0 bridgehead atoms. The minimum atomic E-state index is -0.0993. The lowest BCUT2D eigenvalue weighted by Crippen LogP contribution is -2.55. The van der Waals surface area contributed by atoms with Crippen molar-refractivity contribution in [2.75, 3.05) is 32.5 Å². The highest BCUT2D eigenvalue weighted by molar-refractivity contribution is 7.99. The number of aromatic nitrogens is 3. The Kier molecular flexibility index (Phi) is 8.16. The Labute approximate surface area is 255 Å². The molecule has 0 aliphatic carbocycles. The Morgan fingerprint density at radius 2 is 1.65 bits per heavy atom. The van der Waals surface area contributed by atoms with Crippen LogP contribution in [-0.2, 0) is 4.79 Å². The van der Waals surface area contributed by atoms with Crippen molar-refractivity contribution in [1.29, 1.82) is 0 Å². The molecule has 5 aromatic rings. The lowest BCUT2D eigenvalue weighted by Gasteiger charge is -2.40. The summed E-state index contributed by atoms with van der Waals surface area (Å²) in [5, 5.41) is 11.8. The van der Waals surface area contributed by atoms with Crippen LogP contribution in [0.5, 0.6) is 5.75 Å². The zero-order valence-electron chi connectivity index (χ0n) is 24.4. The molecule has 2 heterocycles. The van der Waals surface area contributed by atoms with E-state index in [1.807, 2.05) is 119 Å². The van der Waals surface area contributed by atoms with Crippen LogP contribution in [0.1, 0.15) is 22.8 Å². The second-order valence-electron chi connectivity index (χ2n) is 10.7. The lowest BCUT2D eigenvalue weighted by atomic mass is 10.0. The van der Waals surface area contributed by atoms with Crippen molar-refractivity contribution in [3.05, 3.63) is 102 Å². The minimum Gasteiger partial charge on any atom is -0.497 e. The van der Waals surface area contributed by atoms with Gasteiger partial charge in [0.2, 0.25) is 5.91 Å². The van der Waals surface area contributed by atoms with Gasteiger partial charge in [0.15, 0.2) is 11.0 Å². The van der Waals surface area contributed by atoms with Gasteiger partial charge in [0.05, 0.1) is 12.9 Å². The fraction of sp³-hybridized carbons (Fsp3) is 0.235. The molecule has 8 nitrogen and oxygen atoms in total. The first-order valence-corrected chi connectivity index (χ1v) is 15.3. The topological polar surface area (TPSA) is 80.6 Å². The Bertz CT molecular complexity index is 1770. The van der Waals surface area contributed by atoms with E-state index in [9.17, 15) is 9.59 Å². The number of nitrogens with zero attached hydrogens (tertiary/aromatic N) is 5. The van der Waals surface area contributed by atoms with Crippen LogP contribution >= 0.6 is 11.8 Å². The van der Waals surface area contributed by atoms with Crippen molar-refractivity contribution >= 4 is 34.3 Å². The molecule has 2 amide bonds. The molecule has 4 aromatic carbocycles. The fourth-order valence-corrected chi connectivity index (χ4v) is 6.26. The number of thioether (sulfide) groups is 1. The van der Waals surface area contributed by atoms with Crippen LogP contribution in [0.25, 0.3) is 27.8 Å². The third-order valence-electron chi connectivity index (χ3n) is 7.84. The molecule has 6 rings (SSSR count). The van der Waals surface area contributed by atoms with Crippen LogP contribution in [0.2, 0.25) is 0 Å². The van der Waals surface area contributed by atoms with E-state index in [1.165, 1.54) is 11.8 Å². The Morgan fingerprint density at radius 3 is 2.37 bits per heavy atom. The smallest absolute Gasteiger partial charge is 0.254 e. The average molecular weight is 592 g/mol. The number of aryl methyl sites for hydroxylation is 1. The molecule has 0 saturated carbocycles. The molecular formula is C34H33N5O3S. The molecule has 9 heteroatoms. The molecule has 0 radical (unpaired) electrons. The summed E-state index contributed by atoms with van der Waals surface area (Å²) in [4.78, 5) is 30.5. The lowest BCUT2D eigenvalue weighted by molar-refractivity contribution is -0.130. The molecule has 1 aromatic heterocycles. The van der Waals surface area contributed by atoms with Gasteiger partial charge in [-0.3, -0.25) is 14.2 Å². The molecule has 1 saturated heterocycles. The SMILES string of the molecule is COc1ccc(-n2c(SCC(=O)N3CCN(C(=O)c4ccc5ccccc5c4)C(C)C3)nnc2-c2ccc(C)cc2)cc1. The van der Waals surface area contributed by atoms with E-state index in [2.05, 4.69) is 10.2 Å². The van der Waals surface area contributed by atoms with Crippen molar-refractivity contribution in [1.82, 2.24) is 24.6 Å². The van der Waals surface area contributed by atoms with Crippen LogP contribution < -0.4 is 4.74 Å². The van der Waals surface area contributed by atoms with Crippen LogP contribution in [0.3, 0.4) is 0 Å². The second kappa shape index (κ2) is 12.3. The number of benzene rings is 4. The fourth-order valence-electron chi connectivity index (χ4n) is 5.41. The maximum atomic E-state index is 13.4. The Balaban J connectivity index is 1.15. The Hall–Kier alpha value is -4.63. The maximum absolute atomic E-state index is 13.4. The molecule has 43 heavy (non-hydrogen) atoms. The number of hydrogen-bond acceptors (Lipinski definition) is 6. The van der Waals surface area contributed by atoms with Crippen molar-refractivity contribution in [2.24, 2.45) is 0 Å². The largest absolute Gasteiger partial charge is 0.497 e. The van der Waals surface area contributed by atoms with Gasteiger partial charge in [0, 0.05) is 42.5 Å². The van der Waals surface area contributed by atoms with Gasteiger partial charge < -0.3 is 14.5 Å². The number of hydrogen-bond donors (Lipinski definition) is 0. The normalized spacial score (nSPS) is 15.1. The highest BCUT2D eigenvalue weighted by Crippen LogP contribution is 2.30. The van der Waals surface area contributed by atoms with E-state index >= 15 is 0 Å². The summed E-state index contributed by atoms with van der Waals surface area (Å²) in [7, 11) is 1.64. The number of ether oxygens (including phenoxy) is 1. The number of carbonyl (C=O) groups is 2. The van der Waals surface area contributed by atoms with Gasteiger partial charge in [-0.1, -0.05) is 71.9 Å². The van der Waals surface area contributed by atoms with Gasteiger partial charge in [0.1, 0.15) is 5.75 Å². The highest BCUT2D eigenvalue weighted by atomic mass is 32.2. The first kappa shape index (κ1) is 28.5. The summed E-state index contributed by atoms with van der Waals surface area (Å²) >= 11 is 1.36.